The Morgan fingerprint density at radius 2 is 2.06 bits per heavy atom. The second-order valence-electron chi connectivity index (χ2n) is 4.32. The van der Waals surface area contributed by atoms with Crippen LogP contribution in [0.25, 0.3) is 0 Å². The summed E-state index contributed by atoms with van der Waals surface area (Å²) in [6, 6.07) is 8.07. The van der Waals surface area contributed by atoms with Crippen LogP contribution in [0.15, 0.2) is 18.2 Å². The molecule has 0 radical (unpaired) electrons. The SMILES string of the molecule is Cc1cc(N(C)CCCCCO)ccc1C#N. The van der Waals surface area contributed by atoms with Crippen LogP contribution in [0.5, 0.6) is 0 Å². The molecular weight excluding hydrogens is 212 g/mol. The van der Waals surface area contributed by atoms with Gasteiger partial charge in [-0.2, -0.15) is 5.26 Å². The summed E-state index contributed by atoms with van der Waals surface area (Å²) >= 11 is 0. The second kappa shape index (κ2) is 6.93. The number of nitriles is 1. The van der Waals surface area contributed by atoms with Gasteiger partial charge in [0.25, 0.3) is 0 Å². The summed E-state index contributed by atoms with van der Waals surface area (Å²) in [6.45, 7) is 3.21. The van der Waals surface area contributed by atoms with Crippen LogP contribution in [-0.4, -0.2) is 25.3 Å². The Balaban J connectivity index is 2.55. The fraction of sp³-hybridized carbons (Fsp3) is 0.500. The molecule has 0 saturated heterocycles. The third-order valence-electron chi connectivity index (χ3n) is 2.92. The highest BCUT2D eigenvalue weighted by Crippen LogP contribution is 2.18. The van der Waals surface area contributed by atoms with Crippen molar-refractivity contribution in [3.05, 3.63) is 29.3 Å². The van der Waals surface area contributed by atoms with E-state index < -0.39 is 0 Å². The molecule has 0 bridgehead atoms. The van der Waals surface area contributed by atoms with Crippen molar-refractivity contribution in [3.63, 3.8) is 0 Å². The summed E-state index contributed by atoms with van der Waals surface area (Å²) in [4.78, 5) is 2.19. The lowest BCUT2D eigenvalue weighted by Gasteiger charge is -2.19. The Hall–Kier alpha value is -1.53. The van der Waals surface area contributed by atoms with Gasteiger partial charge in [-0.05, 0) is 49.9 Å². The van der Waals surface area contributed by atoms with Crippen molar-refractivity contribution in [2.24, 2.45) is 0 Å². The van der Waals surface area contributed by atoms with E-state index in [1.54, 1.807) is 0 Å². The maximum atomic E-state index is 8.86. The molecule has 0 fully saturated rings. The summed E-state index contributed by atoms with van der Waals surface area (Å²) in [6.07, 6.45) is 3.01. The summed E-state index contributed by atoms with van der Waals surface area (Å²) in [7, 11) is 2.06. The Labute approximate surface area is 103 Å². The zero-order valence-corrected chi connectivity index (χ0v) is 10.6. The topological polar surface area (TPSA) is 47.3 Å². The summed E-state index contributed by atoms with van der Waals surface area (Å²) < 4.78 is 0. The van der Waals surface area contributed by atoms with Gasteiger partial charge in [0.1, 0.15) is 0 Å². The van der Waals surface area contributed by atoms with Gasteiger partial charge in [0.2, 0.25) is 0 Å². The number of hydrogen-bond acceptors (Lipinski definition) is 3. The number of anilines is 1. The maximum Gasteiger partial charge on any atom is 0.0994 e. The Morgan fingerprint density at radius 1 is 1.29 bits per heavy atom. The average Bonchev–Trinajstić information content (AvgIpc) is 2.34. The lowest BCUT2D eigenvalue weighted by atomic mass is 10.1. The third kappa shape index (κ3) is 4.08. The smallest absolute Gasteiger partial charge is 0.0994 e. The fourth-order valence-corrected chi connectivity index (χ4v) is 1.78. The van der Waals surface area contributed by atoms with E-state index in [0.717, 1.165) is 42.6 Å². The summed E-state index contributed by atoms with van der Waals surface area (Å²) in [5, 5.41) is 17.6. The average molecular weight is 232 g/mol. The van der Waals surface area contributed by atoms with Gasteiger partial charge >= 0.3 is 0 Å². The van der Waals surface area contributed by atoms with E-state index in [0.29, 0.717) is 0 Å². The van der Waals surface area contributed by atoms with Crippen LogP contribution < -0.4 is 4.90 Å². The van der Waals surface area contributed by atoms with E-state index in [1.165, 1.54) is 0 Å². The van der Waals surface area contributed by atoms with E-state index in [4.69, 9.17) is 10.4 Å². The van der Waals surface area contributed by atoms with E-state index in [1.807, 2.05) is 25.1 Å². The number of hydrogen-bond donors (Lipinski definition) is 1. The largest absolute Gasteiger partial charge is 0.396 e. The molecule has 0 aliphatic carbocycles. The molecular formula is C14H20N2O. The molecule has 0 aliphatic rings. The minimum Gasteiger partial charge on any atom is -0.396 e. The third-order valence-corrected chi connectivity index (χ3v) is 2.92. The molecule has 17 heavy (non-hydrogen) atoms. The normalized spacial score (nSPS) is 10.0. The van der Waals surface area contributed by atoms with Gasteiger partial charge < -0.3 is 10.0 Å². The first-order chi connectivity index (χ1) is 8.19. The first-order valence-electron chi connectivity index (χ1n) is 6.01. The van der Waals surface area contributed by atoms with Crippen molar-refractivity contribution in [3.8, 4) is 6.07 Å². The van der Waals surface area contributed by atoms with Gasteiger partial charge in [0.05, 0.1) is 11.6 Å². The highest BCUT2D eigenvalue weighted by atomic mass is 16.2. The quantitative estimate of drug-likeness (QED) is 0.766. The molecule has 0 heterocycles. The van der Waals surface area contributed by atoms with Crippen LogP contribution >= 0.6 is 0 Å². The minimum absolute atomic E-state index is 0.277. The van der Waals surface area contributed by atoms with Crippen molar-refractivity contribution in [2.75, 3.05) is 25.1 Å². The zero-order chi connectivity index (χ0) is 12.7. The van der Waals surface area contributed by atoms with Gasteiger partial charge in [0.15, 0.2) is 0 Å². The first kappa shape index (κ1) is 13.5. The molecule has 0 aromatic heterocycles. The molecule has 1 N–H and O–H groups in total. The first-order valence-corrected chi connectivity index (χ1v) is 6.01. The van der Waals surface area contributed by atoms with E-state index in [-0.39, 0.29) is 6.61 Å². The van der Waals surface area contributed by atoms with Crippen LogP contribution in [0.3, 0.4) is 0 Å². The minimum atomic E-state index is 0.277. The molecule has 3 nitrogen and oxygen atoms in total. The molecule has 3 heteroatoms. The van der Waals surface area contributed by atoms with Gasteiger partial charge in [0, 0.05) is 25.9 Å². The number of nitrogens with zero attached hydrogens (tertiary/aromatic N) is 2. The lowest BCUT2D eigenvalue weighted by Crippen LogP contribution is -2.18. The molecule has 0 aliphatic heterocycles. The van der Waals surface area contributed by atoms with Gasteiger partial charge in [-0.25, -0.2) is 0 Å². The summed E-state index contributed by atoms with van der Waals surface area (Å²) in [5.74, 6) is 0. The number of aliphatic hydroxyl groups is 1. The molecule has 0 amide bonds. The van der Waals surface area contributed by atoms with Crippen molar-refractivity contribution in [1.82, 2.24) is 0 Å². The van der Waals surface area contributed by atoms with Crippen LogP contribution in [-0.2, 0) is 0 Å². The van der Waals surface area contributed by atoms with E-state index >= 15 is 0 Å². The molecule has 92 valence electrons. The fourth-order valence-electron chi connectivity index (χ4n) is 1.78. The Kier molecular flexibility index (Phi) is 5.51. The van der Waals surface area contributed by atoms with E-state index in [9.17, 15) is 0 Å². The van der Waals surface area contributed by atoms with Crippen molar-refractivity contribution in [1.29, 1.82) is 5.26 Å². The number of aliphatic hydroxyl groups excluding tert-OH is 1. The van der Waals surface area contributed by atoms with Crippen LogP contribution in [0.4, 0.5) is 5.69 Å². The van der Waals surface area contributed by atoms with Gasteiger partial charge in [-0.3, -0.25) is 0 Å². The molecule has 0 spiro atoms. The highest BCUT2D eigenvalue weighted by molar-refractivity contribution is 5.52. The van der Waals surface area contributed by atoms with Crippen molar-refractivity contribution < 1.29 is 5.11 Å². The Bertz CT molecular complexity index is 396. The molecule has 1 aromatic carbocycles. The number of unbranched alkanes of at least 4 members (excludes halogenated alkanes) is 2. The molecule has 1 rings (SSSR count). The Morgan fingerprint density at radius 3 is 2.65 bits per heavy atom. The highest BCUT2D eigenvalue weighted by Gasteiger charge is 2.03. The second-order valence-corrected chi connectivity index (χ2v) is 4.32. The van der Waals surface area contributed by atoms with Crippen LogP contribution in [0, 0.1) is 18.3 Å². The molecule has 0 saturated carbocycles. The van der Waals surface area contributed by atoms with Gasteiger partial charge in [-0.1, -0.05) is 0 Å². The molecule has 0 unspecified atom stereocenters. The lowest BCUT2D eigenvalue weighted by molar-refractivity contribution is 0.283. The maximum absolute atomic E-state index is 8.86. The number of benzene rings is 1. The van der Waals surface area contributed by atoms with Gasteiger partial charge in [-0.15, -0.1) is 0 Å². The zero-order valence-electron chi connectivity index (χ0n) is 10.6. The van der Waals surface area contributed by atoms with Crippen LogP contribution in [0.2, 0.25) is 0 Å². The number of rotatable bonds is 6. The van der Waals surface area contributed by atoms with Crippen LogP contribution in [0.1, 0.15) is 30.4 Å². The summed E-state index contributed by atoms with van der Waals surface area (Å²) in [5.41, 5.74) is 2.90. The standard InChI is InChI=1S/C14H20N2O/c1-12-10-14(7-6-13(12)11-15)16(2)8-4-3-5-9-17/h6-7,10,17H,3-5,8-9H2,1-2H3. The predicted octanol–water partition coefficient (Wildman–Crippen LogP) is 2.47. The molecule has 1 aromatic rings. The monoisotopic (exact) mass is 232 g/mol. The number of aryl methyl sites for hydroxylation is 1. The van der Waals surface area contributed by atoms with E-state index in [2.05, 4.69) is 18.0 Å². The molecule has 0 atom stereocenters. The van der Waals surface area contributed by atoms with Crippen molar-refractivity contribution in [2.45, 2.75) is 26.2 Å². The predicted molar refractivity (Wildman–Crippen MR) is 70.1 cm³/mol. The van der Waals surface area contributed by atoms with Crippen molar-refractivity contribution >= 4 is 5.69 Å².